The number of benzene rings is 1. The van der Waals surface area contributed by atoms with E-state index in [1.54, 1.807) is 6.07 Å². The molecule has 0 aliphatic carbocycles. The van der Waals surface area contributed by atoms with E-state index in [0.717, 1.165) is 5.56 Å². The first-order valence-corrected chi connectivity index (χ1v) is 5.95. The van der Waals surface area contributed by atoms with Gasteiger partial charge in [0.05, 0.1) is 15.7 Å². The summed E-state index contributed by atoms with van der Waals surface area (Å²) in [4.78, 5) is 4.06. The fraction of sp³-hybridized carbons (Fsp3) is 0.154. The Hall–Kier alpha value is -1.09. The fourth-order valence-corrected chi connectivity index (χ4v) is 2.11. The summed E-state index contributed by atoms with van der Waals surface area (Å²) in [6.45, 7) is 0. The third-order valence-electron chi connectivity index (χ3n) is 2.42. The number of hydrogen-bond acceptors (Lipinski definition) is 2. The van der Waals surface area contributed by atoms with Crippen molar-refractivity contribution in [3.8, 4) is 0 Å². The SMILES string of the molecule is OC(Cc1ccccc1)c1ncc(Cl)cc1Cl. The minimum Gasteiger partial charge on any atom is -0.386 e. The van der Waals surface area contributed by atoms with E-state index < -0.39 is 6.10 Å². The summed E-state index contributed by atoms with van der Waals surface area (Å²) in [5.74, 6) is 0. The highest BCUT2D eigenvalue weighted by Crippen LogP contribution is 2.25. The summed E-state index contributed by atoms with van der Waals surface area (Å²) in [5, 5.41) is 10.9. The molecule has 4 heteroatoms. The van der Waals surface area contributed by atoms with Crippen LogP contribution in [0.2, 0.25) is 10.0 Å². The van der Waals surface area contributed by atoms with Gasteiger partial charge in [0, 0.05) is 12.6 Å². The first-order chi connectivity index (χ1) is 8.16. The van der Waals surface area contributed by atoms with Crippen molar-refractivity contribution in [3.05, 3.63) is 63.9 Å². The summed E-state index contributed by atoms with van der Waals surface area (Å²) < 4.78 is 0. The molecule has 1 atom stereocenters. The van der Waals surface area contributed by atoms with Crippen molar-refractivity contribution in [1.29, 1.82) is 0 Å². The molecule has 0 radical (unpaired) electrons. The van der Waals surface area contributed by atoms with Gasteiger partial charge in [-0.25, -0.2) is 0 Å². The van der Waals surface area contributed by atoms with Crippen molar-refractivity contribution < 1.29 is 5.11 Å². The predicted molar refractivity (Wildman–Crippen MR) is 69.4 cm³/mol. The maximum Gasteiger partial charge on any atom is 0.101 e. The number of halogens is 2. The van der Waals surface area contributed by atoms with Crippen LogP contribution in [0.3, 0.4) is 0 Å². The number of aromatic nitrogens is 1. The van der Waals surface area contributed by atoms with Gasteiger partial charge in [0.15, 0.2) is 0 Å². The lowest BCUT2D eigenvalue weighted by Gasteiger charge is -2.11. The maximum absolute atomic E-state index is 10.1. The van der Waals surface area contributed by atoms with Gasteiger partial charge >= 0.3 is 0 Å². The molecule has 2 rings (SSSR count). The molecule has 1 aromatic carbocycles. The summed E-state index contributed by atoms with van der Waals surface area (Å²) >= 11 is 11.7. The van der Waals surface area contributed by atoms with E-state index in [4.69, 9.17) is 23.2 Å². The highest BCUT2D eigenvalue weighted by atomic mass is 35.5. The van der Waals surface area contributed by atoms with E-state index in [9.17, 15) is 5.11 Å². The molecule has 0 amide bonds. The lowest BCUT2D eigenvalue weighted by atomic mass is 10.1. The Balaban J connectivity index is 2.17. The predicted octanol–water partition coefficient (Wildman–Crippen LogP) is 3.66. The molecule has 0 saturated heterocycles. The van der Waals surface area contributed by atoms with Gasteiger partial charge in [0.2, 0.25) is 0 Å². The van der Waals surface area contributed by atoms with Crippen LogP contribution in [-0.4, -0.2) is 10.1 Å². The van der Waals surface area contributed by atoms with Crippen molar-refractivity contribution in [1.82, 2.24) is 4.98 Å². The van der Waals surface area contributed by atoms with Crippen LogP contribution in [-0.2, 0) is 6.42 Å². The number of aliphatic hydroxyl groups excluding tert-OH is 1. The molecule has 0 aliphatic heterocycles. The highest BCUT2D eigenvalue weighted by molar-refractivity contribution is 6.34. The van der Waals surface area contributed by atoms with Crippen LogP contribution >= 0.6 is 23.2 Å². The summed E-state index contributed by atoms with van der Waals surface area (Å²) in [6, 6.07) is 11.3. The average molecular weight is 268 g/mol. The van der Waals surface area contributed by atoms with Gasteiger partial charge in [-0.1, -0.05) is 53.5 Å². The Morgan fingerprint density at radius 2 is 1.88 bits per heavy atom. The van der Waals surface area contributed by atoms with Gasteiger partial charge in [0.1, 0.15) is 6.10 Å². The van der Waals surface area contributed by atoms with Crippen LogP contribution < -0.4 is 0 Å². The van der Waals surface area contributed by atoms with Gasteiger partial charge in [-0.2, -0.15) is 0 Å². The third kappa shape index (κ3) is 3.19. The molecule has 1 heterocycles. The molecule has 1 unspecified atom stereocenters. The van der Waals surface area contributed by atoms with E-state index in [0.29, 0.717) is 22.2 Å². The normalized spacial score (nSPS) is 12.4. The molecule has 0 bridgehead atoms. The smallest absolute Gasteiger partial charge is 0.101 e. The quantitative estimate of drug-likeness (QED) is 0.921. The van der Waals surface area contributed by atoms with Crippen LogP contribution in [0.25, 0.3) is 0 Å². The van der Waals surface area contributed by atoms with Crippen LogP contribution in [0.1, 0.15) is 17.4 Å². The van der Waals surface area contributed by atoms with Gasteiger partial charge in [0.25, 0.3) is 0 Å². The first kappa shape index (κ1) is 12.4. The van der Waals surface area contributed by atoms with Gasteiger partial charge in [-0.3, -0.25) is 4.98 Å². The summed E-state index contributed by atoms with van der Waals surface area (Å²) in [6.07, 6.45) is 1.24. The Morgan fingerprint density at radius 3 is 2.53 bits per heavy atom. The topological polar surface area (TPSA) is 33.1 Å². The monoisotopic (exact) mass is 267 g/mol. The lowest BCUT2D eigenvalue weighted by Crippen LogP contribution is -2.04. The Labute approximate surface area is 110 Å². The number of rotatable bonds is 3. The van der Waals surface area contributed by atoms with E-state index in [2.05, 4.69) is 4.98 Å². The molecule has 0 spiro atoms. The second-order valence-electron chi connectivity index (χ2n) is 3.73. The minimum atomic E-state index is -0.720. The lowest BCUT2D eigenvalue weighted by molar-refractivity contribution is 0.174. The number of hydrogen-bond donors (Lipinski definition) is 1. The molecule has 88 valence electrons. The molecule has 2 nitrogen and oxygen atoms in total. The van der Waals surface area contributed by atoms with Crippen LogP contribution in [0.15, 0.2) is 42.6 Å². The highest BCUT2D eigenvalue weighted by Gasteiger charge is 2.14. The summed E-state index contributed by atoms with van der Waals surface area (Å²) in [7, 11) is 0. The molecule has 0 fully saturated rings. The molecule has 17 heavy (non-hydrogen) atoms. The van der Waals surface area contributed by atoms with Crippen LogP contribution in [0.5, 0.6) is 0 Å². The molecule has 0 aliphatic rings. The maximum atomic E-state index is 10.1. The Bertz CT molecular complexity index is 502. The molecule has 2 aromatic rings. The second-order valence-corrected chi connectivity index (χ2v) is 4.57. The van der Waals surface area contributed by atoms with Crippen LogP contribution in [0, 0.1) is 0 Å². The molecule has 0 saturated carbocycles. The van der Waals surface area contributed by atoms with E-state index in [-0.39, 0.29) is 0 Å². The van der Waals surface area contributed by atoms with Gasteiger partial charge in [-0.15, -0.1) is 0 Å². The van der Waals surface area contributed by atoms with E-state index in [1.165, 1.54) is 6.20 Å². The minimum absolute atomic E-state index is 0.390. The zero-order valence-corrected chi connectivity index (χ0v) is 10.5. The molecule has 1 N–H and O–H groups in total. The van der Waals surface area contributed by atoms with Crippen molar-refractivity contribution in [3.63, 3.8) is 0 Å². The Kier molecular flexibility index (Phi) is 4.00. The number of aliphatic hydroxyl groups is 1. The summed E-state index contributed by atoms with van der Waals surface area (Å²) in [5.41, 5.74) is 1.49. The molecule has 1 aromatic heterocycles. The van der Waals surface area contributed by atoms with E-state index in [1.807, 2.05) is 30.3 Å². The first-order valence-electron chi connectivity index (χ1n) is 5.20. The number of pyridine rings is 1. The van der Waals surface area contributed by atoms with Gasteiger partial charge in [-0.05, 0) is 11.6 Å². The van der Waals surface area contributed by atoms with Gasteiger partial charge < -0.3 is 5.11 Å². The zero-order chi connectivity index (χ0) is 12.3. The van der Waals surface area contributed by atoms with Crippen molar-refractivity contribution in [2.24, 2.45) is 0 Å². The average Bonchev–Trinajstić information content (AvgIpc) is 2.30. The van der Waals surface area contributed by atoms with E-state index >= 15 is 0 Å². The standard InChI is InChI=1S/C13H11Cl2NO/c14-10-7-11(15)13(16-8-10)12(17)6-9-4-2-1-3-5-9/h1-5,7-8,12,17H,6H2. The number of nitrogens with zero attached hydrogens (tertiary/aromatic N) is 1. The largest absolute Gasteiger partial charge is 0.386 e. The molecular weight excluding hydrogens is 257 g/mol. The third-order valence-corrected chi connectivity index (χ3v) is 2.93. The van der Waals surface area contributed by atoms with Crippen molar-refractivity contribution in [2.75, 3.05) is 0 Å². The molecular formula is C13H11Cl2NO. The second kappa shape index (κ2) is 5.50. The fourth-order valence-electron chi connectivity index (χ4n) is 1.60. The van der Waals surface area contributed by atoms with Crippen LogP contribution in [0.4, 0.5) is 0 Å². The Morgan fingerprint density at radius 1 is 1.18 bits per heavy atom. The van der Waals surface area contributed by atoms with Crippen molar-refractivity contribution in [2.45, 2.75) is 12.5 Å². The zero-order valence-electron chi connectivity index (χ0n) is 8.98. The van der Waals surface area contributed by atoms with Crippen molar-refractivity contribution >= 4 is 23.2 Å².